The number of H-pyrrole nitrogens is 1. The molecule has 0 aliphatic heterocycles. The van der Waals surface area contributed by atoms with Crippen molar-refractivity contribution in [2.75, 3.05) is 6.61 Å². The molecule has 0 spiro atoms. The van der Waals surface area contributed by atoms with E-state index in [1.165, 1.54) is 18.0 Å². The largest absolute Gasteiger partial charge is 0.396 e. The Kier molecular flexibility index (Phi) is 5.97. The van der Waals surface area contributed by atoms with E-state index in [1.54, 1.807) is 6.07 Å². The second kappa shape index (κ2) is 8.21. The smallest absolute Gasteiger partial charge is 0.345 e. The minimum Gasteiger partial charge on any atom is -0.396 e. The van der Waals surface area contributed by atoms with E-state index in [2.05, 4.69) is 15.1 Å². The number of hydrogen-bond acceptors (Lipinski definition) is 4. The van der Waals surface area contributed by atoms with Crippen molar-refractivity contribution < 1.29 is 4.84 Å². The molecule has 21 heavy (non-hydrogen) atoms. The quantitative estimate of drug-likeness (QED) is 0.486. The molecule has 0 saturated carbocycles. The summed E-state index contributed by atoms with van der Waals surface area (Å²) in [5, 5.41) is 4.55. The summed E-state index contributed by atoms with van der Waals surface area (Å²) in [6.45, 7) is 0.541. The van der Waals surface area contributed by atoms with Gasteiger partial charge < -0.3 is 9.82 Å². The van der Waals surface area contributed by atoms with Gasteiger partial charge in [-0.25, -0.2) is 9.78 Å². The average molecular weight is 306 g/mol. The summed E-state index contributed by atoms with van der Waals surface area (Å²) in [6.07, 6.45) is 5.80. The van der Waals surface area contributed by atoms with Gasteiger partial charge in [0.25, 0.3) is 0 Å². The Morgan fingerprint density at radius 1 is 1.24 bits per heavy atom. The zero-order valence-electron chi connectivity index (χ0n) is 11.5. The molecule has 0 unspecified atom stereocenters. The molecule has 2 rings (SSSR count). The highest BCUT2D eigenvalue weighted by molar-refractivity contribution is 6.30. The van der Waals surface area contributed by atoms with Crippen LogP contribution in [0.5, 0.6) is 0 Å². The van der Waals surface area contributed by atoms with E-state index < -0.39 is 5.69 Å². The maximum absolute atomic E-state index is 10.9. The second-order valence-electron chi connectivity index (χ2n) is 4.48. The van der Waals surface area contributed by atoms with Gasteiger partial charge in [-0.2, -0.15) is 0 Å². The molecular formula is C15H16ClN3O2. The number of unbranched alkanes of at least 4 members (excludes halogenated alkanes) is 1. The SMILES string of the molecule is O=c1nccc(/C=N/OCCCCc2ccc(Cl)cc2)[nH]1. The van der Waals surface area contributed by atoms with Crippen molar-refractivity contribution >= 4 is 17.8 Å². The molecule has 1 N–H and O–H groups in total. The van der Waals surface area contributed by atoms with E-state index in [1.807, 2.05) is 24.3 Å². The zero-order chi connectivity index (χ0) is 14.9. The van der Waals surface area contributed by atoms with Gasteiger partial charge in [-0.1, -0.05) is 28.9 Å². The number of nitrogens with one attached hydrogen (secondary N) is 1. The number of nitrogens with zero attached hydrogens (tertiary/aromatic N) is 2. The van der Waals surface area contributed by atoms with E-state index in [-0.39, 0.29) is 0 Å². The van der Waals surface area contributed by atoms with E-state index >= 15 is 0 Å². The fourth-order valence-electron chi connectivity index (χ4n) is 1.75. The maximum Gasteiger partial charge on any atom is 0.345 e. The maximum atomic E-state index is 10.9. The number of aromatic amines is 1. The highest BCUT2D eigenvalue weighted by Crippen LogP contribution is 2.11. The second-order valence-corrected chi connectivity index (χ2v) is 4.92. The van der Waals surface area contributed by atoms with Gasteiger partial charge in [0.1, 0.15) is 6.61 Å². The third kappa shape index (κ3) is 5.79. The molecular weight excluding hydrogens is 290 g/mol. The lowest BCUT2D eigenvalue weighted by Gasteiger charge is -2.01. The molecule has 0 fully saturated rings. The predicted molar refractivity (Wildman–Crippen MR) is 82.8 cm³/mol. The van der Waals surface area contributed by atoms with Crippen LogP contribution in [0.15, 0.2) is 46.5 Å². The number of halogens is 1. The lowest BCUT2D eigenvalue weighted by atomic mass is 10.1. The fraction of sp³-hybridized carbons (Fsp3) is 0.267. The van der Waals surface area contributed by atoms with Crippen molar-refractivity contribution in [2.45, 2.75) is 19.3 Å². The molecule has 0 saturated heterocycles. The van der Waals surface area contributed by atoms with Crippen molar-refractivity contribution in [1.82, 2.24) is 9.97 Å². The van der Waals surface area contributed by atoms with Crippen molar-refractivity contribution in [3.8, 4) is 0 Å². The van der Waals surface area contributed by atoms with Crippen LogP contribution in [0, 0.1) is 0 Å². The van der Waals surface area contributed by atoms with E-state index in [9.17, 15) is 4.79 Å². The van der Waals surface area contributed by atoms with Crippen LogP contribution < -0.4 is 5.69 Å². The summed E-state index contributed by atoms with van der Waals surface area (Å²) in [7, 11) is 0. The number of oxime groups is 1. The van der Waals surface area contributed by atoms with E-state index in [4.69, 9.17) is 16.4 Å². The monoisotopic (exact) mass is 305 g/mol. The van der Waals surface area contributed by atoms with Crippen molar-refractivity contribution in [3.63, 3.8) is 0 Å². The first-order chi connectivity index (χ1) is 10.2. The van der Waals surface area contributed by atoms with Crippen molar-refractivity contribution in [1.29, 1.82) is 0 Å². The number of aromatic nitrogens is 2. The molecule has 1 heterocycles. The third-order valence-corrected chi connectivity index (χ3v) is 3.08. The molecule has 2 aromatic rings. The Morgan fingerprint density at radius 2 is 2.05 bits per heavy atom. The van der Waals surface area contributed by atoms with Crippen LogP contribution in [0.2, 0.25) is 5.02 Å². The standard InChI is InChI=1S/C15H16ClN3O2/c16-13-6-4-12(5-7-13)3-1-2-10-21-18-11-14-8-9-17-15(20)19-14/h4-9,11H,1-3,10H2,(H,17,19,20)/b18-11+. The van der Waals surface area contributed by atoms with E-state index in [0.29, 0.717) is 12.3 Å². The summed E-state index contributed by atoms with van der Waals surface area (Å²) in [5.74, 6) is 0. The van der Waals surface area contributed by atoms with Gasteiger partial charge in [0.15, 0.2) is 0 Å². The molecule has 0 amide bonds. The highest BCUT2D eigenvalue weighted by atomic mass is 35.5. The summed E-state index contributed by atoms with van der Waals surface area (Å²) in [6, 6.07) is 9.50. The normalized spacial score (nSPS) is 10.9. The fourth-order valence-corrected chi connectivity index (χ4v) is 1.88. The molecule has 6 heteroatoms. The van der Waals surface area contributed by atoms with Crippen LogP contribution in [0.1, 0.15) is 24.1 Å². The molecule has 0 atom stereocenters. The van der Waals surface area contributed by atoms with Crippen molar-refractivity contribution in [3.05, 3.63) is 63.3 Å². The minimum atomic E-state index is -0.401. The molecule has 0 bridgehead atoms. The van der Waals surface area contributed by atoms with Crippen LogP contribution in [0.25, 0.3) is 0 Å². The minimum absolute atomic E-state index is 0.401. The molecule has 0 radical (unpaired) electrons. The molecule has 0 aliphatic rings. The zero-order valence-corrected chi connectivity index (χ0v) is 12.2. The Balaban J connectivity index is 1.62. The van der Waals surface area contributed by atoms with Gasteiger partial charge in [-0.15, -0.1) is 0 Å². The molecule has 5 nitrogen and oxygen atoms in total. The first kappa shape index (κ1) is 15.3. The van der Waals surface area contributed by atoms with E-state index in [0.717, 1.165) is 24.3 Å². The van der Waals surface area contributed by atoms with Gasteiger partial charge in [0, 0.05) is 11.2 Å². The van der Waals surface area contributed by atoms with Crippen LogP contribution in [0.3, 0.4) is 0 Å². The lowest BCUT2D eigenvalue weighted by molar-refractivity contribution is 0.142. The van der Waals surface area contributed by atoms with Gasteiger partial charge in [-0.3, -0.25) is 0 Å². The summed E-state index contributed by atoms with van der Waals surface area (Å²) in [5.41, 5.74) is 1.43. The topological polar surface area (TPSA) is 67.3 Å². The molecule has 1 aromatic heterocycles. The summed E-state index contributed by atoms with van der Waals surface area (Å²) >= 11 is 5.83. The van der Waals surface area contributed by atoms with Crippen LogP contribution in [-0.4, -0.2) is 22.8 Å². The van der Waals surface area contributed by atoms with Crippen LogP contribution in [-0.2, 0) is 11.3 Å². The first-order valence-corrected chi connectivity index (χ1v) is 7.07. The summed E-state index contributed by atoms with van der Waals surface area (Å²) in [4.78, 5) is 22.1. The predicted octanol–water partition coefficient (Wildman–Crippen LogP) is 2.80. The Bertz CT molecular complexity index is 638. The number of rotatable bonds is 7. The molecule has 0 aliphatic carbocycles. The summed E-state index contributed by atoms with van der Waals surface area (Å²) < 4.78 is 0. The van der Waals surface area contributed by atoms with Crippen molar-refractivity contribution in [2.24, 2.45) is 5.16 Å². The van der Waals surface area contributed by atoms with Gasteiger partial charge >= 0.3 is 5.69 Å². The Hall–Kier alpha value is -2.14. The van der Waals surface area contributed by atoms with Gasteiger partial charge in [0.05, 0.1) is 11.9 Å². The average Bonchev–Trinajstić information content (AvgIpc) is 2.48. The third-order valence-electron chi connectivity index (χ3n) is 2.83. The van der Waals surface area contributed by atoms with Crippen LogP contribution in [0.4, 0.5) is 0 Å². The first-order valence-electron chi connectivity index (χ1n) is 6.69. The van der Waals surface area contributed by atoms with Gasteiger partial charge in [0.2, 0.25) is 0 Å². The Labute approximate surface area is 127 Å². The highest BCUT2D eigenvalue weighted by Gasteiger charge is 1.94. The number of aryl methyl sites for hydroxylation is 1. The van der Waals surface area contributed by atoms with Crippen LogP contribution >= 0.6 is 11.6 Å². The number of benzene rings is 1. The molecule has 110 valence electrons. The lowest BCUT2D eigenvalue weighted by Crippen LogP contribution is -2.10. The van der Waals surface area contributed by atoms with Gasteiger partial charge in [-0.05, 0) is 43.0 Å². The molecule has 1 aromatic carbocycles. The number of hydrogen-bond donors (Lipinski definition) is 1. The Morgan fingerprint density at radius 3 is 2.81 bits per heavy atom.